The van der Waals surface area contributed by atoms with Crippen LogP contribution in [0.25, 0.3) is 0 Å². The van der Waals surface area contributed by atoms with Crippen molar-refractivity contribution in [3.05, 3.63) is 59.2 Å². The fourth-order valence-electron chi connectivity index (χ4n) is 7.70. The molecule has 2 aromatic rings. The van der Waals surface area contributed by atoms with Crippen LogP contribution >= 0.6 is 0 Å². The van der Waals surface area contributed by atoms with Gasteiger partial charge in [-0.05, 0) is 61.9 Å². The zero-order valence-electron chi connectivity index (χ0n) is 19.8. The molecule has 4 aliphatic rings. The van der Waals surface area contributed by atoms with Gasteiger partial charge >= 0.3 is 0 Å². The summed E-state index contributed by atoms with van der Waals surface area (Å²) in [6.07, 6.45) is 1.23. The Labute approximate surface area is 199 Å². The fourth-order valence-corrected chi connectivity index (χ4v) is 7.70. The largest absolute Gasteiger partial charge is 0.504 e. The van der Waals surface area contributed by atoms with E-state index >= 15 is 0 Å². The van der Waals surface area contributed by atoms with Crippen molar-refractivity contribution in [2.75, 3.05) is 13.1 Å². The van der Waals surface area contributed by atoms with Crippen LogP contribution in [0.4, 0.5) is 0 Å². The van der Waals surface area contributed by atoms with Gasteiger partial charge in [-0.15, -0.1) is 0 Å². The van der Waals surface area contributed by atoms with Crippen LogP contribution in [0.3, 0.4) is 0 Å². The third-order valence-electron chi connectivity index (χ3n) is 8.78. The fraction of sp³-hybridized carbons (Fsp3) is 0.481. The first-order chi connectivity index (χ1) is 16.2. The number of aliphatic hydroxyl groups is 1. The number of likely N-dealkylation sites (tertiary alicyclic amines) is 1. The van der Waals surface area contributed by atoms with E-state index in [2.05, 4.69) is 29.3 Å². The van der Waals surface area contributed by atoms with E-state index in [0.717, 1.165) is 30.6 Å². The number of carbonyl (C=O) groups is 1. The van der Waals surface area contributed by atoms with Crippen molar-refractivity contribution in [3.8, 4) is 11.5 Å². The first-order valence-electron chi connectivity index (χ1n) is 12.1. The highest BCUT2D eigenvalue weighted by Crippen LogP contribution is 2.71. The SMILES string of the molecule is CCN1CC2(C)CC34c5c(C)ccc(O)c5OC3/C(=N\NC(=O)c3ccccc3)CCC4(O)C12. The molecule has 2 aliphatic carbocycles. The van der Waals surface area contributed by atoms with Crippen LogP contribution in [-0.2, 0) is 5.41 Å². The average molecular weight is 462 g/mol. The molecule has 2 saturated carbocycles. The lowest BCUT2D eigenvalue weighted by Crippen LogP contribution is -2.72. The van der Waals surface area contributed by atoms with E-state index in [1.54, 1.807) is 18.2 Å². The number of phenols is 1. The van der Waals surface area contributed by atoms with Gasteiger partial charge in [0.25, 0.3) is 5.91 Å². The zero-order chi connectivity index (χ0) is 23.9. The number of phenolic OH excluding ortho intramolecular Hbond substituents is 1. The van der Waals surface area contributed by atoms with Gasteiger partial charge in [0.15, 0.2) is 17.6 Å². The topological polar surface area (TPSA) is 94.4 Å². The van der Waals surface area contributed by atoms with Crippen LogP contribution in [0.2, 0.25) is 0 Å². The molecule has 2 aromatic carbocycles. The Morgan fingerprint density at radius 3 is 2.76 bits per heavy atom. The lowest BCUT2D eigenvalue weighted by Gasteiger charge is -2.58. The number of rotatable bonds is 3. The maximum absolute atomic E-state index is 12.7. The quantitative estimate of drug-likeness (QED) is 0.611. The third-order valence-corrected chi connectivity index (χ3v) is 8.78. The van der Waals surface area contributed by atoms with Gasteiger partial charge in [0.1, 0.15) is 0 Å². The summed E-state index contributed by atoms with van der Waals surface area (Å²) in [5, 5.41) is 27.8. The molecule has 3 fully saturated rings. The standard InChI is InChI=1S/C27H31N3O4/c1-4-30-15-25(3)14-26-20-16(2)10-11-19(31)21(20)34-22(26)18(12-13-27(26,33)24(25)30)28-29-23(32)17-8-6-5-7-9-17/h5-11,22,24,31,33H,4,12-15H2,1-3H3,(H,29,32)/b28-18-. The number of hydrogen-bond donors (Lipinski definition) is 3. The summed E-state index contributed by atoms with van der Waals surface area (Å²) < 4.78 is 6.47. The van der Waals surface area contributed by atoms with Crippen molar-refractivity contribution in [1.82, 2.24) is 10.3 Å². The molecule has 178 valence electrons. The third kappa shape index (κ3) is 2.54. The number of fused-ring (bicyclic) bond motifs is 3. The molecule has 34 heavy (non-hydrogen) atoms. The van der Waals surface area contributed by atoms with E-state index in [-0.39, 0.29) is 23.1 Å². The van der Waals surface area contributed by atoms with E-state index in [1.165, 1.54) is 0 Å². The molecule has 6 rings (SSSR count). The smallest absolute Gasteiger partial charge is 0.271 e. The monoisotopic (exact) mass is 461 g/mol. The number of amides is 1. The predicted octanol–water partition coefficient (Wildman–Crippen LogP) is 3.12. The van der Waals surface area contributed by atoms with Crippen molar-refractivity contribution in [2.24, 2.45) is 10.5 Å². The van der Waals surface area contributed by atoms with Gasteiger partial charge in [-0.1, -0.05) is 38.1 Å². The van der Waals surface area contributed by atoms with Crippen LogP contribution in [0.15, 0.2) is 47.6 Å². The lowest BCUT2D eigenvalue weighted by atomic mass is 9.58. The van der Waals surface area contributed by atoms with Crippen molar-refractivity contribution in [2.45, 2.75) is 63.2 Å². The molecule has 1 spiro atoms. The van der Waals surface area contributed by atoms with Crippen molar-refractivity contribution in [1.29, 1.82) is 0 Å². The zero-order valence-corrected chi connectivity index (χ0v) is 19.8. The number of likely N-dealkylation sites (N-methyl/N-ethyl adjacent to an activating group) is 1. The molecule has 0 radical (unpaired) electrons. The second-order valence-corrected chi connectivity index (χ2v) is 10.7. The number of aromatic hydroxyl groups is 1. The summed E-state index contributed by atoms with van der Waals surface area (Å²) >= 11 is 0. The van der Waals surface area contributed by atoms with Crippen molar-refractivity contribution < 1.29 is 19.7 Å². The Morgan fingerprint density at radius 2 is 2.03 bits per heavy atom. The molecule has 3 N–H and O–H groups in total. The molecule has 0 bridgehead atoms. The van der Waals surface area contributed by atoms with Crippen LogP contribution in [-0.4, -0.2) is 57.6 Å². The Hall–Kier alpha value is -2.90. The van der Waals surface area contributed by atoms with Crippen molar-refractivity contribution in [3.63, 3.8) is 0 Å². The minimum Gasteiger partial charge on any atom is -0.504 e. The van der Waals surface area contributed by atoms with Gasteiger partial charge in [0.2, 0.25) is 0 Å². The first kappa shape index (κ1) is 21.6. The number of benzene rings is 2. The highest BCUT2D eigenvalue weighted by molar-refractivity contribution is 5.98. The summed E-state index contributed by atoms with van der Waals surface area (Å²) in [6, 6.07) is 12.6. The molecule has 5 atom stereocenters. The highest BCUT2D eigenvalue weighted by atomic mass is 16.5. The minimum absolute atomic E-state index is 0.0178. The maximum atomic E-state index is 12.7. The Balaban J connectivity index is 1.46. The number of nitrogens with zero attached hydrogens (tertiary/aromatic N) is 2. The molecule has 0 aromatic heterocycles. The van der Waals surface area contributed by atoms with Gasteiger partial charge in [-0.2, -0.15) is 5.10 Å². The number of nitrogens with one attached hydrogen (secondary N) is 1. The summed E-state index contributed by atoms with van der Waals surface area (Å²) in [4.78, 5) is 15.0. The number of aryl methyl sites for hydroxylation is 1. The highest BCUT2D eigenvalue weighted by Gasteiger charge is 2.80. The second kappa shape index (κ2) is 7.06. The molecular weight excluding hydrogens is 430 g/mol. The van der Waals surface area contributed by atoms with Crippen LogP contribution in [0.1, 0.15) is 54.6 Å². The summed E-state index contributed by atoms with van der Waals surface area (Å²) in [5.74, 6) is 0.240. The van der Waals surface area contributed by atoms with E-state index in [9.17, 15) is 15.0 Å². The molecule has 7 nitrogen and oxygen atoms in total. The number of hydrazone groups is 1. The maximum Gasteiger partial charge on any atom is 0.271 e. The van der Waals surface area contributed by atoms with E-state index in [0.29, 0.717) is 29.9 Å². The molecule has 1 saturated heterocycles. The molecule has 2 aliphatic heterocycles. The van der Waals surface area contributed by atoms with Crippen LogP contribution in [0.5, 0.6) is 11.5 Å². The molecule has 1 amide bonds. The van der Waals surface area contributed by atoms with Gasteiger partial charge in [-0.25, -0.2) is 5.43 Å². The second-order valence-electron chi connectivity index (χ2n) is 10.7. The van der Waals surface area contributed by atoms with Gasteiger partial charge in [0, 0.05) is 23.7 Å². The van der Waals surface area contributed by atoms with E-state index in [1.807, 2.05) is 31.2 Å². The van der Waals surface area contributed by atoms with Gasteiger partial charge in [0.05, 0.1) is 16.7 Å². The average Bonchev–Trinajstić information content (AvgIpc) is 3.24. The Morgan fingerprint density at radius 1 is 1.26 bits per heavy atom. The van der Waals surface area contributed by atoms with Gasteiger partial charge in [-0.3, -0.25) is 9.69 Å². The van der Waals surface area contributed by atoms with Crippen molar-refractivity contribution >= 4 is 11.6 Å². The first-order valence-corrected chi connectivity index (χ1v) is 12.1. The van der Waals surface area contributed by atoms with Gasteiger partial charge < -0.3 is 14.9 Å². The normalized spacial score (nSPS) is 36.6. The Bertz CT molecular complexity index is 1210. The summed E-state index contributed by atoms with van der Waals surface area (Å²) in [7, 11) is 0. The number of ether oxygens (including phenoxy) is 1. The predicted molar refractivity (Wildman–Crippen MR) is 128 cm³/mol. The lowest BCUT2D eigenvalue weighted by molar-refractivity contribution is -0.150. The molecule has 7 heteroatoms. The molecule has 5 unspecified atom stereocenters. The Kier molecular flexibility index (Phi) is 4.49. The molecule has 2 heterocycles. The minimum atomic E-state index is -1.02. The van der Waals surface area contributed by atoms with Crippen LogP contribution in [0, 0.1) is 12.3 Å². The van der Waals surface area contributed by atoms with Crippen LogP contribution < -0.4 is 10.2 Å². The number of hydrogen-bond acceptors (Lipinski definition) is 6. The summed E-state index contributed by atoms with van der Waals surface area (Å²) in [5.41, 5.74) is 4.02. The molecular formula is C27H31N3O4. The number of carbonyl (C=O) groups excluding carboxylic acids is 1. The van der Waals surface area contributed by atoms with E-state index in [4.69, 9.17) is 4.74 Å². The summed E-state index contributed by atoms with van der Waals surface area (Å²) in [6.45, 7) is 8.22. The van der Waals surface area contributed by atoms with E-state index < -0.39 is 17.1 Å².